The summed E-state index contributed by atoms with van der Waals surface area (Å²) >= 11 is 0. The number of hydrogen-bond donors (Lipinski definition) is 0. The maximum absolute atomic E-state index is 4.70. The molecule has 0 unspecified atom stereocenters. The minimum atomic E-state index is 0.467. The molecule has 0 fully saturated rings. The Bertz CT molecular complexity index is 467. The van der Waals surface area contributed by atoms with Crippen LogP contribution in [-0.2, 0) is 0 Å². The summed E-state index contributed by atoms with van der Waals surface area (Å²) in [5, 5.41) is 0. The fourth-order valence-corrected chi connectivity index (χ4v) is 2.01. The summed E-state index contributed by atoms with van der Waals surface area (Å²) in [6.45, 7) is 12.8. The van der Waals surface area contributed by atoms with Crippen molar-refractivity contribution in [3.05, 3.63) is 30.1 Å². The van der Waals surface area contributed by atoms with E-state index in [0.29, 0.717) is 12.0 Å². The molecule has 0 atom stereocenters. The first kappa shape index (κ1) is 13.8. The van der Waals surface area contributed by atoms with Crippen LogP contribution in [0.4, 0.5) is 0 Å². The van der Waals surface area contributed by atoms with Gasteiger partial charge in [0.25, 0.3) is 0 Å². The van der Waals surface area contributed by atoms with Crippen LogP contribution in [-0.4, -0.2) is 9.55 Å². The van der Waals surface area contributed by atoms with Crippen molar-refractivity contribution in [1.29, 1.82) is 0 Å². The van der Waals surface area contributed by atoms with Crippen molar-refractivity contribution in [1.82, 2.24) is 9.55 Å². The molecule has 1 heterocycles. The van der Waals surface area contributed by atoms with Gasteiger partial charge >= 0.3 is 0 Å². The number of hydrogen-bond acceptors (Lipinski definition) is 1. The van der Waals surface area contributed by atoms with Crippen LogP contribution in [0.2, 0.25) is 0 Å². The highest BCUT2D eigenvalue weighted by atomic mass is 15.1. The molecule has 0 radical (unpaired) electrons. The highest BCUT2D eigenvalue weighted by Gasteiger charge is 2.14. The smallest absolute Gasteiger partial charge is 0.112 e. The fourth-order valence-electron chi connectivity index (χ4n) is 2.01. The van der Waals surface area contributed by atoms with Crippen LogP contribution in [0.5, 0.6) is 0 Å². The number of para-hydroxylation sites is 2. The predicted molar refractivity (Wildman–Crippen MR) is 75.6 cm³/mol. The highest BCUT2D eigenvalue weighted by Crippen LogP contribution is 2.25. The van der Waals surface area contributed by atoms with Gasteiger partial charge in [-0.15, -0.1) is 0 Å². The Hall–Kier alpha value is -1.31. The van der Waals surface area contributed by atoms with E-state index in [0.717, 1.165) is 5.52 Å². The summed E-state index contributed by atoms with van der Waals surface area (Å²) in [6.07, 6.45) is 0. The molecule has 1 aromatic heterocycles. The van der Waals surface area contributed by atoms with E-state index in [-0.39, 0.29) is 0 Å². The second kappa shape index (κ2) is 5.85. The number of imidazole rings is 1. The van der Waals surface area contributed by atoms with Gasteiger partial charge in [-0.05, 0) is 26.0 Å². The van der Waals surface area contributed by atoms with E-state index in [2.05, 4.69) is 50.5 Å². The summed E-state index contributed by atoms with van der Waals surface area (Å²) < 4.78 is 2.33. The maximum Gasteiger partial charge on any atom is 0.112 e. The van der Waals surface area contributed by atoms with Crippen molar-refractivity contribution in [3.63, 3.8) is 0 Å². The molecule has 2 heteroatoms. The monoisotopic (exact) mass is 232 g/mol. The molecule has 2 aromatic rings. The number of fused-ring (bicyclic) bond motifs is 1. The third-order valence-electron chi connectivity index (χ3n) is 2.66. The largest absolute Gasteiger partial charge is 0.325 e. The summed E-state index contributed by atoms with van der Waals surface area (Å²) in [6, 6.07) is 8.82. The molecule has 0 N–H and O–H groups in total. The highest BCUT2D eigenvalue weighted by molar-refractivity contribution is 5.76. The van der Waals surface area contributed by atoms with Gasteiger partial charge in [0.15, 0.2) is 0 Å². The summed E-state index contributed by atoms with van der Waals surface area (Å²) in [4.78, 5) is 4.70. The van der Waals surface area contributed by atoms with Crippen LogP contribution in [0.3, 0.4) is 0 Å². The molecule has 0 aliphatic heterocycles. The van der Waals surface area contributed by atoms with Crippen LogP contribution in [0, 0.1) is 0 Å². The first-order chi connectivity index (χ1) is 8.11. The van der Waals surface area contributed by atoms with Crippen LogP contribution < -0.4 is 0 Å². The van der Waals surface area contributed by atoms with Gasteiger partial charge in [-0.2, -0.15) is 0 Å². The van der Waals surface area contributed by atoms with E-state index in [9.17, 15) is 0 Å². The molecular weight excluding hydrogens is 208 g/mol. The van der Waals surface area contributed by atoms with Gasteiger partial charge in [0.2, 0.25) is 0 Å². The summed E-state index contributed by atoms with van der Waals surface area (Å²) in [7, 11) is 0. The van der Waals surface area contributed by atoms with Crippen molar-refractivity contribution in [3.8, 4) is 0 Å². The molecule has 0 saturated heterocycles. The maximum atomic E-state index is 4.70. The van der Waals surface area contributed by atoms with Crippen LogP contribution in [0.25, 0.3) is 11.0 Å². The quantitative estimate of drug-likeness (QED) is 0.729. The topological polar surface area (TPSA) is 17.8 Å². The standard InChI is InChI=1S/C13H18N2.C2H6/c1-9(2)13-14-11-7-5-6-8-12(11)15(13)10(3)4;1-2/h5-10H,1-4H3;1-2H3. The molecule has 1 aromatic carbocycles. The van der Waals surface area contributed by atoms with Gasteiger partial charge in [-0.25, -0.2) is 4.98 Å². The van der Waals surface area contributed by atoms with E-state index in [1.165, 1.54) is 11.3 Å². The normalized spacial score (nSPS) is 10.8. The van der Waals surface area contributed by atoms with Gasteiger partial charge in [0.05, 0.1) is 11.0 Å². The molecule has 0 aliphatic rings. The van der Waals surface area contributed by atoms with Crippen molar-refractivity contribution in [2.45, 2.75) is 53.5 Å². The zero-order valence-electron chi connectivity index (χ0n) is 11.9. The third-order valence-corrected chi connectivity index (χ3v) is 2.66. The molecule has 2 rings (SSSR count). The Balaban J connectivity index is 0.000000686. The fraction of sp³-hybridized carbons (Fsp3) is 0.533. The van der Waals surface area contributed by atoms with Gasteiger partial charge in [-0.3, -0.25) is 0 Å². The number of rotatable bonds is 2. The molecule has 0 spiro atoms. The number of nitrogens with zero attached hydrogens (tertiary/aromatic N) is 2. The van der Waals surface area contributed by atoms with E-state index >= 15 is 0 Å². The summed E-state index contributed by atoms with van der Waals surface area (Å²) in [5.41, 5.74) is 2.35. The molecule has 2 nitrogen and oxygen atoms in total. The van der Waals surface area contributed by atoms with E-state index in [4.69, 9.17) is 4.98 Å². The molecular formula is C15H24N2. The number of benzene rings is 1. The molecule has 0 saturated carbocycles. The Morgan fingerprint density at radius 1 is 1.00 bits per heavy atom. The average Bonchev–Trinajstić information content (AvgIpc) is 2.71. The minimum absolute atomic E-state index is 0.467. The van der Waals surface area contributed by atoms with Crippen molar-refractivity contribution in [2.75, 3.05) is 0 Å². The molecule has 17 heavy (non-hydrogen) atoms. The zero-order valence-corrected chi connectivity index (χ0v) is 11.9. The predicted octanol–water partition coefficient (Wildman–Crippen LogP) is 4.77. The lowest BCUT2D eigenvalue weighted by molar-refractivity contribution is 0.564. The lowest BCUT2D eigenvalue weighted by Gasteiger charge is -2.14. The average molecular weight is 232 g/mol. The Kier molecular flexibility index (Phi) is 4.73. The second-order valence-corrected chi connectivity index (χ2v) is 4.58. The van der Waals surface area contributed by atoms with E-state index in [1.807, 2.05) is 19.9 Å². The van der Waals surface area contributed by atoms with Gasteiger partial charge in [0.1, 0.15) is 5.82 Å². The molecule has 0 aliphatic carbocycles. The molecule has 0 amide bonds. The first-order valence-corrected chi connectivity index (χ1v) is 6.58. The lowest BCUT2D eigenvalue weighted by Crippen LogP contribution is -2.07. The van der Waals surface area contributed by atoms with Crippen LogP contribution >= 0.6 is 0 Å². The number of aromatic nitrogens is 2. The third kappa shape index (κ3) is 2.68. The van der Waals surface area contributed by atoms with E-state index < -0.39 is 0 Å². The first-order valence-electron chi connectivity index (χ1n) is 6.58. The second-order valence-electron chi connectivity index (χ2n) is 4.58. The lowest BCUT2D eigenvalue weighted by atomic mass is 10.2. The zero-order chi connectivity index (χ0) is 13.0. The van der Waals surface area contributed by atoms with Crippen LogP contribution in [0.1, 0.15) is 59.3 Å². The van der Waals surface area contributed by atoms with Gasteiger partial charge < -0.3 is 4.57 Å². The summed E-state index contributed by atoms with van der Waals surface area (Å²) in [5.74, 6) is 1.66. The van der Waals surface area contributed by atoms with Crippen molar-refractivity contribution >= 4 is 11.0 Å². The SMILES string of the molecule is CC.CC(C)c1nc2ccccc2n1C(C)C. The van der Waals surface area contributed by atoms with Crippen LogP contribution in [0.15, 0.2) is 24.3 Å². The minimum Gasteiger partial charge on any atom is -0.325 e. The Morgan fingerprint density at radius 3 is 2.12 bits per heavy atom. The van der Waals surface area contributed by atoms with Crippen molar-refractivity contribution in [2.24, 2.45) is 0 Å². The van der Waals surface area contributed by atoms with Crippen molar-refractivity contribution < 1.29 is 0 Å². The Morgan fingerprint density at radius 2 is 1.59 bits per heavy atom. The Labute approximate surface area is 105 Å². The van der Waals surface area contributed by atoms with Gasteiger partial charge in [0, 0.05) is 12.0 Å². The molecule has 0 bridgehead atoms. The van der Waals surface area contributed by atoms with E-state index in [1.54, 1.807) is 0 Å². The van der Waals surface area contributed by atoms with Gasteiger partial charge in [-0.1, -0.05) is 39.8 Å². The molecule has 94 valence electrons.